The van der Waals surface area contributed by atoms with E-state index < -0.39 is 44.8 Å². The van der Waals surface area contributed by atoms with Crippen LogP contribution in [0.1, 0.15) is 84.0 Å². The first-order valence-corrected chi connectivity index (χ1v) is 16.4. The molecule has 3 amide bonds. The highest BCUT2D eigenvalue weighted by Gasteiger charge is 2.56. The zero-order valence-electron chi connectivity index (χ0n) is 24.6. The van der Waals surface area contributed by atoms with Crippen LogP contribution in [0.4, 0.5) is 10.1 Å². The van der Waals surface area contributed by atoms with Gasteiger partial charge < -0.3 is 20.7 Å². The number of allylic oxidation sites excluding steroid dienone is 2. The van der Waals surface area contributed by atoms with Crippen LogP contribution in [0.25, 0.3) is 0 Å². The number of nitrogens with two attached hydrogens (primary N) is 1. The summed E-state index contributed by atoms with van der Waals surface area (Å²) in [5, 5.41) is 3.21. The molecule has 0 aromatic heterocycles. The molecular formula is C30H45FN4O6S. The Balaban J connectivity index is 1.41. The average molecular weight is 609 g/mol. The molecule has 3 atom stereocenters. The van der Waals surface area contributed by atoms with E-state index in [0.29, 0.717) is 57.2 Å². The largest absolute Gasteiger partial charge is 0.374 e. The highest BCUT2D eigenvalue weighted by Crippen LogP contribution is 2.43. The molecule has 0 radical (unpaired) electrons. The molecule has 2 aliphatic rings. The van der Waals surface area contributed by atoms with Gasteiger partial charge in [-0.15, -0.1) is 0 Å². The van der Waals surface area contributed by atoms with Crippen LogP contribution in [0.3, 0.4) is 0 Å². The third-order valence-corrected chi connectivity index (χ3v) is 10.2. The number of sulfonamides is 1. The SMILES string of the molecule is CC[C@H](CC/C=C\CCCCC[C@H](Nc1ccc(F)cc1)C(=O)N1CCC[C@H]1C(N)=O)C(=O)NS(=O)(=O)C1(OC)CC1. The van der Waals surface area contributed by atoms with Gasteiger partial charge in [0.05, 0.1) is 0 Å². The first-order chi connectivity index (χ1) is 20.0. The number of nitrogens with one attached hydrogen (secondary N) is 2. The topological polar surface area (TPSA) is 148 Å². The standard InChI is InChI=1S/C30H45FN4O6S/c1-3-22(28(37)34-42(39,40)30(41-2)19-20-30)12-9-7-5-4-6-8-10-13-25(33-24-17-15-23(31)16-18-24)29(38)35-21-11-14-26(35)27(32)36/h5,7,15-18,22,25-26,33H,3-4,6,8-14,19-21H2,1-2H3,(H2,32,36)(H,34,37)/b7-5-/t22-,25+,26+/m1/s1. The van der Waals surface area contributed by atoms with Crippen LogP contribution in [-0.4, -0.2) is 61.7 Å². The van der Waals surface area contributed by atoms with Crippen molar-refractivity contribution in [2.45, 2.75) is 101 Å². The van der Waals surface area contributed by atoms with Crippen LogP contribution in [0, 0.1) is 11.7 Å². The van der Waals surface area contributed by atoms with Crippen LogP contribution in [-0.2, 0) is 29.1 Å². The van der Waals surface area contributed by atoms with Gasteiger partial charge in [0.25, 0.3) is 10.0 Å². The number of anilines is 1. The Hall–Kier alpha value is -2.99. The van der Waals surface area contributed by atoms with Crippen molar-refractivity contribution in [3.05, 3.63) is 42.2 Å². The minimum atomic E-state index is -3.85. The van der Waals surface area contributed by atoms with E-state index in [4.69, 9.17) is 10.5 Å². The van der Waals surface area contributed by atoms with Gasteiger partial charge in [-0.25, -0.2) is 12.8 Å². The van der Waals surface area contributed by atoms with Gasteiger partial charge in [0.2, 0.25) is 17.7 Å². The van der Waals surface area contributed by atoms with Crippen LogP contribution in [0.5, 0.6) is 0 Å². The molecule has 0 spiro atoms. The van der Waals surface area contributed by atoms with Gasteiger partial charge in [-0.2, -0.15) is 0 Å². The van der Waals surface area contributed by atoms with Gasteiger partial charge in [-0.05, 0) is 88.5 Å². The number of primary amides is 1. The van der Waals surface area contributed by atoms with Gasteiger partial charge in [0.1, 0.15) is 17.9 Å². The smallest absolute Gasteiger partial charge is 0.264 e. The van der Waals surface area contributed by atoms with Crippen molar-refractivity contribution in [1.29, 1.82) is 0 Å². The first kappa shape index (κ1) is 33.5. The number of benzene rings is 1. The molecule has 1 aliphatic carbocycles. The van der Waals surface area contributed by atoms with Gasteiger partial charge in [-0.3, -0.25) is 19.1 Å². The zero-order valence-corrected chi connectivity index (χ0v) is 25.5. The number of unbranched alkanes of at least 4 members (excludes halogenated alkanes) is 3. The summed E-state index contributed by atoms with van der Waals surface area (Å²) in [6.07, 6.45) is 11.9. The lowest BCUT2D eigenvalue weighted by Crippen LogP contribution is -2.49. The van der Waals surface area contributed by atoms with Crippen LogP contribution < -0.4 is 15.8 Å². The van der Waals surface area contributed by atoms with E-state index in [1.54, 1.807) is 17.0 Å². The van der Waals surface area contributed by atoms with E-state index in [1.165, 1.54) is 19.2 Å². The highest BCUT2D eigenvalue weighted by molar-refractivity contribution is 7.91. The van der Waals surface area contributed by atoms with Crippen LogP contribution in [0.2, 0.25) is 0 Å². The maximum absolute atomic E-state index is 13.4. The van der Waals surface area contributed by atoms with Crippen LogP contribution >= 0.6 is 0 Å². The Morgan fingerprint density at radius 2 is 1.81 bits per heavy atom. The molecule has 234 valence electrons. The van der Waals surface area contributed by atoms with E-state index in [9.17, 15) is 27.2 Å². The number of hydrogen-bond donors (Lipinski definition) is 3. The molecule has 10 nitrogen and oxygen atoms in total. The number of hydrogen-bond acceptors (Lipinski definition) is 7. The summed E-state index contributed by atoms with van der Waals surface area (Å²) in [5.41, 5.74) is 6.16. The fourth-order valence-corrected chi connectivity index (χ4v) is 6.84. The maximum Gasteiger partial charge on any atom is 0.264 e. The summed E-state index contributed by atoms with van der Waals surface area (Å²) in [7, 11) is -2.50. The summed E-state index contributed by atoms with van der Waals surface area (Å²) >= 11 is 0. The number of halogens is 1. The normalized spacial score (nSPS) is 19.4. The van der Waals surface area contributed by atoms with Crippen molar-refractivity contribution in [2.75, 3.05) is 19.0 Å². The summed E-state index contributed by atoms with van der Waals surface area (Å²) in [5.74, 6) is -1.91. The van der Waals surface area contributed by atoms with E-state index in [0.717, 1.165) is 32.1 Å². The van der Waals surface area contributed by atoms with Crippen molar-refractivity contribution < 1.29 is 31.9 Å². The summed E-state index contributed by atoms with van der Waals surface area (Å²) in [6, 6.07) is 4.70. The lowest BCUT2D eigenvalue weighted by Gasteiger charge is -2.28. The number of rotatable bonds is 18. The third kappa shape index (κ3) is 9.00. The number of carbonyl (C=O) groups excluding carboxylic acids is 3. The van der Waals surface area contributed by atoms with Crippen molar-refractivity contribution in [2.24, 2.45) is 11.7 Å². The second-order valence-corrected chi connectivity index (χ2v) is 13.1. The minimum absolute atomic E-state index is 0.169. The molecule has 0 unspecified atom stereocenters. The van der Waals surface area contributed by atoms with Gasteiger partial charge in [-0.1, -0.05) is 31.9 Å². The average Bonchev–Trinajstić information content (AvgIpc) is 3.62. The quantitative estimate of drug-likeness (QED) is 0.169. The summed E-state index contributed by atoms with van der Waals surface area (Å²) in [4.78, 5) is 38.0. The molecule has 1 aliphatic heterocycles. The summed E-state index contributed by atoms with van der Waals surface area (Å²) < 4.78 is 45.6. The molecule has 2 fully saturated rings. The fourth-order valence-electron chi connectivity index (χ4n) is 5.37. The van der Waals surface area contributed by atoms with Crippen LogP contribution in [0.15, 0.2) is 36.4 Å². The third-order valence-electron chi connectivity index (χ3n) is 8.18. The molecule has 1 saturated heterocycles. The predicted octanol–water partition coefficient (Wildman–Crippen LogP) is 3.98. The molecule has 0 bridgehead atoms. The Morgan fingerprint density at radius 1 is 1.12 bits per heavy atom. The Labute approximate surface area is 248 Å². The first-order valence-electron chi connectivity index (χ1n) is 14.9. The monoisotopic (exact) mass is 608 g/mol. The molecule has 1 heterocycles. The highest BCUT2D eigenvalue weighted by atomic mass is 32.2. The number of nitrogens with zero attached hydrogens (tertiary/aromatic N) is 1. The molecule has 12 heteroatoms. The molecule has 42 heavy (non-hydrogen) atoms. The van der Waals surface area contributed by atoms with E-state index >= 15 is 0 Å². The number of ether oxygens (including phenoxy) is 1. The number of amides is 3. The van der Waals surface area contributed by atoms with Gasteiger partial charge in [0, 0.05) is 25.3 Å². The molecule has 3 rings (SSSR count). The number of carbonyl (C=O) groups is 3. The van der Waals surface area contributed by atoms with Crippen molar-refractivity contribution in [1.82, 2.24) is 9.62 Å². The lowest BCUT2D eigenvalue weighted by atomic mass is 9.99. The molecule has 1 saturated carbocycles. The van der Waals surface area contributed by atoms with E-state index in [2.05, 4.69) is 16.1 Å². The molecular weight excluding hydrogens is 563 g/mol. The van der Waals surface area contributed by atoms with Gasteiger partial charge >= 0.3 is 0 Å². The number of likely N-dealkylation sites (tertiary alicyclic amines) is 1. The molecule has 1 aromatic rings. The Morgan fingerprint density at radius 3 is 2.43 bits per heavy atom. The zero-order chi connectivity index (χ0) is 30.8. The predicted molar refractivity (Wildman–Crippen MR) is 159 cm³/mol. The fraction of sp³-hybridized carbons (Fsp3) is 0.633. The minimum Gasteiger partial charge on any atom is -0.374 e. The number of methoxy groups -OCH3 is 1. The van der Waals surface area contributed by atoms with Crippen molar-refractivity contribution in [3.8, 4) is 0 Å². The second-order valence-electron chi connectivity index (χ2n) is 11.2. The summed E-state index contributed by atoms with van der Waals surface area (Å²) in [6.45, 7) is 2.35. The van der Waals surface area contributed by atoms with Crippen molar-refractivity contribution >= 4 is 33.4 Å². The molecule has 1 aromatic carbocycles. The Bertz CT molecular complexity index is 1200. The van der Waals surface area contributed by atoms with E-state index in [1.807, 2.05) is 13.0 Å². The molecule has 4 N–H and O–H groups in total. The Kier molecular flexibility index (Phi) is 12.3. The van der Waals surface area contributed by atoms with E-state index in [-0.39, 0.29) is 11.7 Å². The maximum atomic E-state index is 13.4. The lowest BCUT2D eigenvalue weighted by molar-refractivity contribution is -0.138. The van der Waals surface area contributed by atoms with Gasteiger partial charge in [0.15, 0.2) is 4.93 Å². The van der Waals surface area contributed by atoms with Crippen molar-refractivity contribution in [3.63, 3.8) is 0 Å². The second kappa shape index (κ2) is 15.5.